The maximum atomic E-state index is 11.7. The molecule has 0 aromatic heterocycles. The summed E-state index contributed by atoms with van der Waals surface area (Å²) < 4.78 is 23.4. The van der Waals surface area contributed by atoms with Crippen molar-refractivity contribution in [2.24, 2.45) is 5.73 Å². The number of sulfone groups is 1. The van der Waals surface area contributed by atoms with Gasteiger partial charge in [-0.3, -0.25) is 0 Å². The average molecular weight is 213 g/mol. The summed E-state index contributed by atoms with van der Waals surface area (Å²) in [7, 11) is -3.20. The third-order valence-corrected chi connectivity index (χ3v) is 3.92. The molecule has 0 radical (unpaired) electrons. The normalized spacial score (nSPS) is 13.9. The topological polar surface area (TPSA) is 60.2 Å². The standard InChI is InChI=1S/C10H15NO2S/c1-2-9(11)8-14(12,13)10-6-4-3-5-7-10/h3-7,9H,2,8,11H2,1H3/t9-/m1/s1. The molecule has 0 fully saturated rings. The molecule has 0 spiro atoms. The molecule has 0 unspecified atom stereocenters. The maximum absolute atomic E-state index is 11.7. The molecular formula is C10H15NO2S. The minimum Gasteiger partial charge on any atom is -0.327 e. The second kappa shape index (κ2) is 4.57. The van der Waals surface area contributed by atoms with Gasteiger partial charge >= 0.3 is 0 Å². The van der Waals surface area contributed by atoms with E-state index in [0.29, 0.717) is 11.3 Å². The van der Waals surface area contributed by atoms with E-state index in [0.717, 1.165) is 0 Å². The first-order valence-corrected chi connectivity index (χ1v) is 6.25. The van der Waals surface area contributed by atoms with Crippen molar-refractivity contribution in [3.63, 3.8) is 0 Å². The first kappa shape index (κ1) is 11.2. The fraction of sp³-hybridized carbons (Fsp3) is 0.400. The van der Waals surface area contributed by atoms with E-state index in [1.807, 2.05) is 6.92 Å². The van der Waals surface area contributed by atoms with Gasteiger partial charge in [0.15, 0.2) is 9.84 Å². The monoisotopic (exact) mass is 213 g/mol. The lowest BCUT2D eigenvalue weighted by Crippen LogP contribution is -2.28. The molecule has 0 amide bonds. The summed E-state index contributed by atoms with van der Waals surface area (Å²) >= 11 is 0. The van der Waals surface area contributed by atoms with Crippen molar-refractivity contribution in [1.29, 1.82) is 0 Å². The van der Waals surface area contributed by atoms with Crippen molar-refractivity contribution in [2.45, 2.75) is 24.3 Å². The van der Waals surface area contributed by atoms with Crippen LogP contribution in [0.15, 0.2) is 35.2 Å². The summed E-state index contributed by atoms with van der Waals surface area (Å²) in [6, 6.07) is 8.13. The lowest BCUT2D eigenvalue weighted by molar-refractivity contribution is 0.584. The van der Waals surface area contributed by atoms with Crippen LogP contribution in [0.4, 0.5) is 0 Å². The Morgan fingerprint density at radius 3 is 2.36 bits per heavy atom. The molecule has 14 heavy (non-hydrogen) atoms. The minimum absolute atomic E-state index is 0.0213. The third-order valence-electron chi connectivity index (χ3n) is 2.06. The molecule has 3 nitrogen and oxygen atoms in total. The van der Waals surface area contributed by atoms with Crippen LogP contribution in [-0.2, 0) is 9.84 Å². The third kappa shape index (κ3) is 2.82. The Balaban J connectivity index is 2.87. The fourth-order valence-corrected chi connectivity index (χ4v) is 2.69. The van der Waals surface area contributed by atoms with Crippen molar-refractivity contribution in [2.75, 3.05) is 5.75 Å². The fourth-order valence-electron chi connectivity index (χ4n) is 1.12. The molecule has 1 aromatic rings. The summed E-state index contributed by atoms with van der Waals surface area (Å²) in [5.74, 6) is 0.0213. The molecule has 0 saturated heterocycles. The molecule has 0 aliphatic carbocycles. The summed E-state index contributed by atoms with van der Waals surface area (Å²) in [4.78, 5) is 0.351. The van der Waals surface area contributed by atoms with Crippen molar-refractivity contribution >= 4 is 9.84 Å². The Labute approximate surface area is 84.9 Å². The molecule has 1 aromatic carbocycles. The zero-order chi connectivity index (χ0) is 10.6. The zero-order valence-corrected chi connectivity index (χ0v) is 9.00. The van der Waals surface area contributed by atoms with Gasteiger partial charge in [0, 0.05) is 6.04 Å². The Morgan fingerprint density at radius 1 is 1.29 bits per heavy atom. The van der Waals surface area contributed by atoms with E-state index in [1.54, 1.807) is 30.3 Å². The quantitative estimate of drug-likeness (QED) is 0.817. The maximum Gasteiger partial charge on any atom is 0.179 e. The van der Waals surface area contributed by atoms with Gasteiger partial charge in [-0.1, -0.05) is 25.1 Å². The number of nitrogens with two attached hydrogens (primary N) is 1. The summed E-state index contributed by atoms with van der Waals surface area (Å²) in [5.41, 5.74) is 5.62. The number of hydrogen-bond acceptors (Lipinski definition) is 3. The summed E-state index contributed by atoms with van der Waals surface area (Å²) in [5, 5.41) is 0. The van der Waals surface area contributed by atoms with Crippen LogP contribution in [0.25, 0.3) is 0 Å². The Hall–Kier alpha value is -0.870. The van der Waals surface area contributed by atoms with Crippen LogP contribution >= 0.6 is 0 Å². The smallest absolute Gasteiger partial charge is 0.179 e. The number of hydrogen-bond donors (Lipinski definition) is 1. The predicted octanol–water partition coefficient (Wildman–Crippen LogP) is 1.20. The predicted molar refractivity (Wildman–Crippen MR) is 56.8 cm³/mol. The van der Waals surface area contributed by atoms with E-state index in [1.165, 1.54) is 0 Å². The molecule has 1 rings (SSSR count). The first-order valence-electron chi connectivity index (χ1n) is 4.59. The van der Waals surface area contributed by atoms with Crippen LogP contribution in [-0.4, -0.2) is 20.2 Å². The molecule has 4 heteroatoms. The van der Waals surface area contributed by atoms with Gasteiger partial charge in [0.25, 0.3) is 0 Å². The van der Waals surface area contributed by atoms with Gasteiger partial charge in [-0.05, 0) is 18.6 Å². The minimum atomic E-state index is -3.20. The van der Waals surface area contributed by atoms with Gasteiger partial charge < -0.3 is 5.73 Å². The largest absolute Gasteiger partial charge is 0.327 e. The highest BCUT2D eigenvalue weighted by Gasteiger charge is 2.16. The Kier molecular flexibility index (Phi) is 3.66. The molecule has 0 bridgehead atoms. The van der Waals surface area contributed by atoms with Crippen LogP contribution in [0.5, 0.6) is 0 Å². The van der Waals surface area contributed by atoms with Crippen molar-refractivity contribution in [3.05, 3.63) is 30.3 Å². The molecule has 0 aliphatic heterocycles. The van der Waals surface area contributed by atoms with Gasteiger partial charge in [-0.2, -0.15) is 0 Å². The lowest BCUT2D eigenvalue weighted by atomic mass is 10.3. The molecule has 1 atom stereocenters. The van der Waals surface area contributed by atoms with Gasteiger partial charge in [0.1, 0.15) is 0 Å². The van der Waals surface area contributed by atoms with Crippen LogP contribution in [0.3, 0.4) is 0 Å². The highest BCUT2D eigenvalue weighted by molar-refractivity contribution is 7.91. The second-order valence-electron chi connectivity index (χ2n) is 3.26. The van der Waals surface area contributed by atoms with Gasteiger partial charge in [-0.25, -0.2) is 8.42 Å². The van der Waals surface area contributed by atoms with E-state index in [-0.39, 0.29) is 11.8 Å². The average Bonchev–Trinajstić information content (AvgIpc) is 2.18. The highest BCUT2D eigenvalue weighted by Crippen LogP contribution is 2.11. The van der Waals surface area contributed by atoms with Crippen molar-refractivity contribution < 1.29 is 8.42 Å². The molecule has 0 heterocycles. The van der Waals surface area contributed by atoms with E-state index in [9.17, 15) is 8.42 Å². The van der Waals surface area contributed by atoms with Gasteiger partial charge in [0.2, 0.25) is 0 Å². The molecule has 2 N–H and O–H groups in total. The molecule has 78 valence electrons. The van der Waals surface area contributed by atoms with Crippen molar-refractivity contribution in [1.82, 2.24) is 0 Å². The van der Waals surface area contributed by atoms with E-state index < -0.39 is 9.84 Å². The molecular weight excluding hydrogens is 198 g/mol. The van der Waals surface area contributed by atoms with E-state index in [4.69, 9.17) is 5.73 Å². The number of benzene rings is 1. The van der Waals surface area contributed by atoms with Crippen LogP contribution in [0.2, 0.25) is 0 Å². The Bertz CT molecular complexity index is 372. The molecule has 0 aliphatic rings. The first-order chi connectivity index (χ1) is 6.56. The van der Waals surface area contributed by atoms with Crippen LogP contribution in [0, 0.1) is 0 Å². The second-order valence-corrected chi connectivity index (χ2v) is 5.30. The van der Waals surface area contributed by atoms with Gasteiger partial charge in [-0.15, -0.1) is 0 Å². The highest BCUT2D eigenvalue weighted by atomic mass is 32.2. The summed E-state index contributed by atoms with van der Waals surface area (Å²) in [6.07, 6.45) is 0.673. The van der Waals surface area contributed by atoms with Crippen LogP contribution < -0.4 is 5.73 Å². The SMILES string of the molecule is CC[C@@H](N)CS(=O)(=O)c1ccccc1. The molecule has 0 saturated carbocycles. The van der Waals surface area contributed by atoms with Gasteiger partial charge in [0.05, 0.1) is 10.6 Å². The van der Waals surface area contributed by atoms with Crippen molar-refractivity contribution in [3.8, 4) is 0 Å². The Morgan fingerprint density at radius 2 is 1.86 bits per heavy atom. The summed E-state index contributed by atoms with van der Waals surface area (Å²) in [6.45, 7) is 1.88. The zero-order valence-electron chi connectivity index (χ0n) is 8.18. The lowest BCUT2D eigenvalue weighted by Gasteiger charge is -2.09. The van der Waals surface area contributed by atoms with E-state index in [2.05, 4.69) is 0 Å². The van der Waals surface area contributed by atoms with Crippen LogP contribution in [0.1, 0.15) is 13.3 Å². The number of rotatable bonds is 4. The van der Waals surface area contributed by atoms with E-state index >= 15 is 0 Å².